The molecule has 0 radical (unpaired) electrons. The van der Waals surface area contributed by atoms with Crippen LogP contribution in [-0.2, 0) is 16.7 Å². The van der Waals surface area contributed by atoms with Crippen molar-refractivity contribution in [1.82, 2.24) is 9.24 Å². The van der Waals surface area contributed by atoms with Gasteiger partial charge in [-0.3, -0.25) is 14.8 Å². The van der Waals surface area contributed by atoms with Crippen LogP contribution in [-0.4, -0.2) is 47.5 Å². The maximum Gasteiger partial charge on any atom is 0.294 e. The zero-order valence-corrected chi connectivity index (χ0v) is 27.1. The Kier molecular flexibility index (Phi) is 7.40. The second kappa shape index (κ2) is 11.3. The molecule has 2 aliphatic heterocycles. The SMILES string of the molecule is CCn1c2ccccc2c2cc(P(C=C3N(C)c4ccccc4C3(C)C)(=Nc3ccccc3[N+](=O)[O-])N3CCOCC3)ccc21. The van der Waals surface area contributed by atoms with Crippen molar-refractivity contribution in [3.8, 4) is 0 Å². The van der Waals surface area contributed by atoms with Crippen molar-refractivity contribution in [2.45, 2.75) is 32.7 Å². The molecule has 1 aromatic heterocycles. The summed E-state index contributed by atoms with van der Waals surface area (Å²) in [6.07, 6.45) is 0. The zero-order valence-electron chi connectivity index (χ0n) is 26.2. The molecule has 230 valence electrons. The Balaban J connectivity index is 1.60. The summed E-state index contributed by atoms with van der Waals surface area (Å²) >= 11 is 0. The predicted octanol–water partition coefficient (Wildman–Crippen LogP) is 8.40. The quantitative estimate of drug-likeness (QED) is 0.108. The van der Waals surface area contributed by atoms with Crippen LogP contribution in [0.3, 0.4) is 0 Å². The van der Waals surface area contributed by atoms with Crippen LogP contribution < -0.4 is 10.2 Å². The maximum absolute atomic E-state index is 12.3. The molecule has 4 aromatic carbocycles. The molecular formula is C36H38N5O3P. The summed E-state index contributed by atoms with van der Waals surface area (Å²) in [5.41, 5.74) is 6.04. The summed E-state index contributed by atoms with van der Waals surface area (Å²) in [6.45, 7) is 10.1. The fraction of sp³-hybridized carbons (Fsp3) is 0.278. The van der Waals surface area contributed by atoms with Crippen LogP contribution in [0.25, 0.3) is 21.8 Å². The monoisotopic (exact) mass is 619 g/mol. The van der Waals surface area contributed by atoms with Gasteiger partial charge in [-0.25, -0.2) is 4.74 Å². The van der Waals surface area contributed by atoms with Gasteiger partial charge in [-0.1, -0.05) is 62.4 Å². The molecule has 1 unspecified atom stereocenters. The first-order valence-electron chi connectivity index (χ1n) is 15.5. The van der Waals surface area contributed by atoms with Gasteiger partial charge in [-0.15, -0.1) is 0 Å². The number of nitro benzene ring substituents is 1. The van der Waals surface area contributed by atoms with Gasteiger partial charge >= 0.3 is 0 Å². The number of benzene rings is 4. The minimum absolute atomic E-state index is 0.0134. The van der Waals surface area contributed by atoms with Crippen LogP contribution in [0.4, 0.5) is 17.1 Å². The number of aryl methyl sites for hydroxylation is 1. The third-order valence-corrected chi connectivity index (χ3v) is 12.9. The summed E-state index contributed by atoms with van der Waals surface area (Å²) < 4.78 is 16.2. The highest BCUT2D eigenvalue weighted by Gasteiger charge is 2.42. The number of allylic oxidation sites excluding steroid dienone is 1. The van der Waals surface area contributed by atoms with Gasteiger partial charge in [0.2, 0.25) is 0 Å². The molecule has 5 aromatic rings. The van der Waals surface area contributed by atoms with E-state index in [4.69, 9.17) is 9.48 Å². The lowest BCUT2D eigenvalue weighted by Gasteiger charge is -2.39. The number of fused-ring (bicyclic) bond motifs is 4. The van der Waals surface area contributed by atoms with Crippen molar-refractivity contribution in [2.24, 2.45) is 4.74 Å². The van der Waals surface area contributed by atoms with Crippen molar-refractivity contribution in [2.75, 3.05) is 38.3 Å². The van der Waals surface area contributed by atoms with E-state index in [1.807, 2.05) is 6.07 Å². The predicted molar refractivity (Wildman–Crippen MR) is 185 cm³/mol. The van der Waals surface area contributed by atoms with Crippen LogP contribution in [0.2, 0.25) is 0 Å². The van der Waals surface area contributed by atoms with Gasteiger partial charge < -0.3 is 14.2 Å². The summed E-state index contributed by atoms with van der Waals surface area (Å²) in [4.78, 5) is 14.3. The van der Waals surface area contributed by atoms with E-state index < -0.39 is 7.21 Å². The summed E-state index contributed by atoms with van der Waals surface area (Å²) in [7, 11) is -0.707. The Labute approximate surface area is 263 Å². The number of hydrogen-bond donors (Lipinski definition) is 0. The number of likely N-dealkylation sites (N-methyl/N-ethyl adjacent to an activating group) is 1. The highest BCUT2D eigenvalue weighted by molar-refractivity contribution is 7.74. The van der Waals surface area contributed by atoms with E-state index in [-0.39, 0.29) is 16.0 Å². The van der Waals surface area contributed by atoms with Crippen LogP contribution in [0, 0.1) is 10.1 Å². The molecule has 0 saturated carbocycles. The number of nitrogens with zero attached hydrogens (tertiary/aromatic N) is 5. The smallest absolute Gasteiger partial charge is 0.294 e. The van der Waals surface area contributed by atoms with E-state index in [1.54, 1.807) is 18.2 Å². The molecule has 0 aliphatic carbocycles. The first-order chi connectivity index (χ1) is 21.8. The average Bonchev–Trinajstić information content (AvgIpc) is 3.48. The number of para-hydroxylation sites is 3. The highest BCUT2D eigenvalue weighted by Crippen LogP contribution is 2.61. The van der Waals surface area contributed by atoms with Crippen LogP contribution in [0.5, 0.6) is 0 Å². The molecule has 45 heavy (non-hydrogen) atoms. The number of ether oxygens (including phenoxy) is 1. The van der Waals surface area contributed by atoms with Crippen molar-refractivity contribution >= 4 is 51.4 Å². The minimum Gasteiger partial charge on any atom is -0.379 e. The largest absolute Gasteiger partial charge is 0.379 e. The number of nitro groups is 1. The van der Waals surface area contributed by atoms with Crippen molar-refractivity contribution in [3.63, 3.8) is 0 Å². The minimum atomic E-state index is -2.83. The normalized spacial score (nSPS) is 18.8. The summed E-state index contributed by atoms with van der Waals surface area (Å²) in [5.74, 6) is 2.37. The number of rotatable bonds is 6. The molecule has 8 nitrogen and oxygen atoms in total. The molecule has 0 bridgehead atoms. The standard InChI is InChI=1S/C36H38N5O3P/c1-5-40-31-15-9-6-12-27(31)28-24-26(18-19-32(28)40)45(39-20-22-44-23-21-39,37-30-14-8-11-17-34(30)41(42)43)25-35-36(2,3)29-13-7-10-16-33(29)38(35)4/h6-19,24-25H,5,20-23H2,1-4H3. The second-order valence-corrected chi connectivity index (χ2v) is 15.1. The van der Waals surface area contributed by atoms with Crippen LogP contribution in [0.1, 0.15) is 26.3 Å². The molecule has 7 rings (SSSR count). The van der Waals surface area contributed by atoms with Gasteiger partial charge in [0.25, 0.3) is 5.69 Å². The molecule has 3 heterocycles. The molecule has 1 atom stereocenters. The van der Waals surface area contributed by atoms with Crippen LogP contribution in [0.15, 0.2) is 107 Å². The number of anilines is 1. The van der Waals surface area contributed by atoms with E-state index >= 15 is 0 Å². The lowest BCUT2D eigenvalue weighted by Crippen LogP contribution is -2.37. The molecule has 2 aliphatic rings. The van der Waals surface area contributed by atoms with Gasteiger partial charge in [0.15, 0.2) is 0 Å². The van der Waals surface area contributed by atoms with E-state index in [2.05, 4.69) is 115 Å². The van der Waals surface area contributed by atoms with E-state index in [0.717, 1.165) is 17.5 Å². The van der Waals surface area contributed by atoms with Crippen molar-refractivity contribution < 1.29 is 9.66 Å². The zero-order chi connectivity index (χ0) is 31.3. The molecule has 0 spiro atoms. The van der Waals surface area contributed by atoms with Gasteiger partial charge in [-0.05, 0) is 54.7 Å². The highest BCUT2D eigenvalue weighted by atomic mass is 31.2. The number of hydrogen-bond acceptors (Lipinski definition) is 5. The molecule has 0 amide bonds. The molecule has 1 saturated heterocycles. The van der Waals surface area contributed by atoms with Crippen molar-refractivity contribution in [1.29, 1.82) is 0 Å². The third kappa shape index (κ3) is 4.71. The van der Waals surface area contributed by atoms with Gasteiger partial charge in [0.1, 0.15) is 5.69 Å². The fourth-order valence-electron chi connectivity index (χ4n) is 7.18. The molecule has 9 heteroatoms. The Hall–Kier alpha value is -4.23. The summed E-state index contributed by atoms with van der Waals surface area (Å²) in [5, 5.41) is 15.8. The third-order valence-electron chi connectivity index (χ3n) is 9.45. The Bertz CT molecular complexity index is 2040. The average molecular weight is 620 g/mol. The lowest BCUT2D eigenvalue weighted by atomic mass is 9.84. The first kappa shape index (κ1) is 29.5. The topological polar surface area (TPSA) is 76.1 Å². The van der Waals surface area contributed by atoms with E-state index in [1.165, 1.54) is 33.1 Å². The fourth-order valence-corrected chi connectivity index (χ4v) is 10.8. The summed E-state index contributed by atoms with van der Waals surface area (Å²) in [6, 6.07) is 30.7. The second-order valence-electron chi connectivity index (χ2n) is 12.2. The Morgan fingerprint density at radius 1 is 0.933 bits per heavy atom. The van der Waals surface area contributed by atoms with Crippen molar-refractivity contribution in [3.05, 3.63) is 118 Å². The molecular weight excluding hydrogens is 581 g/mol. The number of morpholine rings is 1. The van der Waals surface area contributed by atoms with Gasteiger partial charge in [0, 0.05) is 76.7 Å². The van der Waals surface area contributed by atoms with Gasteiger partial charge in [0.05, 0.1) is 25.3 Å². The van der Waals surface area contributed by atoms with Gasteiger partial charge in [-0.2, -0.15) is 0 Å². The molecule has 0 N–H and O–H groups in total. The van der Waals surface area contributed by atoms with E-state index in [0.29, 0.717) is 32.0 Å². The van der Waals surface area contributed by atoms with Crippen LogP contribution >= 0.6 is 7.21 Å². The molecule has 1 fully saturated rings. The first-order valence-corrected chi connectivity index (χ1v) is 17.3. The Morgan fingerprint density at radius 3 is 2.38 bits per heavy atom. The van der Waals surface area contributed by atoms with E-state index in [9.17, 15) is 10.1 Å². The maximum atomic E-state index is 12.3. The Morgan fingerprint density at radius 2 is 1.62 bits per heavy atom. The lowest BCUT2D eigenvalue weighted by molar-refractivity contribution is -0.384. The number of aromatic nitrogens is 1.